The fourth-order valence-corrected chi connectivity index (χ4v) is 2.41. The third-order valence-corrected chi connectivity index (χ3v) is 3.81. The van der Waals surface area contributed by atoms with Crippen LogP contribution in [0.25, 0.3) is 6.08 Å². The van der Waals surface area contributed by atoms with E-state index < -0.39 is 24.5 Å². The SMILES string of the molecule is COc1cc(/C=C/C(=O)OCC(=O)NC(=O)NC2CC2)cc(Cl)c1OC(C)C. The van der Waals surface area contributed by atoms with E-state index in [1.807, 2.05) is 13.8 Å². The quantitative estimate of drug-likeness (QED) is 0.504. The van der Waals surface area contributed by atoms with Gasteiger partial charge in [0.25, 0.3) is 5.91 Å². The van der Waals surface area contributed by atoms with Crippen LogP contribution in [0.1, 0.15) is 32.3 Å². The summed E-state index contributed by atoms with van der Waals surface area (Å²) in [5.74, 6) is -0.606. The standard InChI is InChI=1S/C19H23ClN2O6/c1-11(2)28-18-14(20)8-12(9-15(18)26-3)4-7-17(24)27-10-16(23)22-19(25)21-13-5-6-13/h4,7-9,11,13H,5-6,10H2,1-3H3,(H2,21,22,23,25)/b7-4+. The minimum Gasteiger partial charge on any atom is -0.493 e. The molecule has 0 saturated heterocycles. The maximum Gasteiger partial charge on any atom is 0.331 e. The molecular weight excluding hydrogens is 388 g/mol. The molecule has 28 heavy (non-hydrogen) atoms. The highest BCUT2D eigenvalue weighted by molar-refractivity contribution is 6.32. The lowest BCUT2D eigenvalue weighted by molar-refractivity contribution is -0.143. The van der Waals surface area contributed by atoms with Crippen molar-refractivity contribution in [1.82, 2.24) is 10.6 Å². The van der Waals surface area contributed by atoms with Crippen molar-refractivity contribution in [2.75, 3.05) is 13.7 Å². The smallest absolute Gasteiger partial charge is 0.331 e. The van der Waals surface area contributed by atoms with Crippen LogP contribution in [0.3, 0.4) is 0 Å². The maximum absolute atomic E-state index is 11.8. The number of amides is 3. The van der Waals surface area contributed by atoms with Gasteiger partial charge in [-0.05, 0) is 50.5 Å². The first-order chi connectivity index (χ1) is 13.3. The van der Waals surface area contributed by atoms with Crippen molar-refractivity contribution in [2.45, 2.75) is 38.8 Å². The van der Waals surface area contributed by atoms with Gasteiger partial charge in [0.2, 0.25) is 0 Å². The Labute approximate surface area is 168 Å². The largest absolute Gasteiger partial charge is 0.493 e. The Bertz CT molecular complexity index is 774. The number of hydrogen-bond acceptors (Lipinski definition) is 6. The molecule has 2 rings (SSSR count). The number of carbonyl (C=O) groups is 3. The van der Waals surface area contributed by atoms with Crippen LogP contribution in [-0.2, 0) is 14.3 Å². The fraction of sp³-hybridized carbons (Fsp3) is 0.421. The van der Waals surface area contributed by atoms with E-state index in [1.165, 1.54) is 13.2 Å². The molecule has 152 valence electrons. The summed E-state index contributed by atoms with van der Waals surface area (Å²) in [5.41, 5.74) is 0.586. The summed E-state index contributed by atoms with van der Waals surface area (Å²) < 4.78 is 15.7. The third kappa shape index (κ3) is 7.11. The van der Waals surface area contributed by atoms with E-state index in [9.17, 15) is 14.4 Å². The lowest BCUT2D eigenvalue weighted by atomic mass is 10.2. The second-order valence-electron chi connectivity index (χ2n) is 6.44. The minimum absolute atomic E-state index is 0.0831. The van der Waals surface area contributed by atoms with E-state index in [0.717, 1.165) is 18.9 Å². The molecule has 9 heteroatoms. The van der Waals surface area contributed by atoms with E-state index in [-0.39, 0.29) is 12.1 Å². The monoisotopic (exact) mass is 410 g/mol. The zero-order valence-corrected chi connectivity index (χ0v) is 16.7. The molecule has 1 aliphatic rings. The fourth-order valence-electron chi connectivity index (χ4n) is 2.15. The molecule has 0 unspecified atom stereocenters. The number of halogens is 1. The number of hydrogen-bond donors (Lipinski definition) is 2. The van der Waals surface area contributed by atoms with Crippen molar-refractivity contribution >= 4 is 35.6 Å². The van der Waals surface area contributed by atoms with Gasteiger partial charge in [-0.15, -0.1) is 0 Å². The van der Waals surface area contributed by atoms with Gasteiger partial charge in [0.05, 0.1) is 18.2 Å². The summed E-state index contributed by atoms with van der Waals surface area (Å²) in [6.07, 6.45) is 4.33. The molecule has 1 aromatic rings. The summed E-state index contributed by atoms with van der Waals surface area (Å²) in [5, 5.41) is 5.01. The van der Waals surface area contributed by atoms with Crippen molar-refractivity contribution in [1.29, 1.82) is 0 Å². The molecule has 0 bridgehead atoms. The summed E-state index contributed by atoms with van der Waals surface area (Å²) >= 11 is 6.22. The highest BCUT2D eigenvalue weighted by atomic mass is 35.5. The van der Waals surface area contributed by atoms with Gasteiger partial charge in [-0.2, -0.15) is 0 Å². The first-order valence-corrected chi connectivity index (χ1v) is 9.15. The van der Waals surface area contributed by atoms with Gasteiger partial charge in [-0.1, -0.05) is 11.6 Å². The van der Waals surface area contributed by atoms with Crippen LogP contribution in [0.2, 0.25) is 5.02 Å². The Hall–Kier alpha value is -2.74. The Morgan fingerprint density at radius 3 is 2.61 bits per heavy atom. The van der Waals surface area contributed by atoms with Crippen LogP contribution in [0.15, 0.2) is 18.2 Å². The average Bonchev–Trinajstić information content (AvgIpc) is 3.43. The predicted octanol–water partition coefficient (Wildman–Crippen LogP) is 2.68. The predicted molar refractivity (Wildman–Crippen MR) is 103 cm³/mol. The number of nitrogens with one attached hydrogen (secondary N) is 2. The van der Waals surface area contributed by atoms with Crippen LogP contribution < -0.4 is 20.1 Å². The van der Waals surface area contributed by atoms with Crippen molar-refractivity contribution in [2.24, 2.45) is 0 Å². The lowest BCUT2D eigenvalue weighted by Gasteiger charge is -2.15. The van der Waals surface area contributed by atoms with Gasteiger partial charge in [-0.3, -0.25) is 10.1 Å². The van der Waals surface area contributed by atoms with Crippen molar-refractivity contribution in [3.8, 4) is 11.5 Å². The Morgan fingerprint density at radius 2 is 2.00 bits per heavy atom. The summed E-state index contributed by atoms with van der Waals surface area (Å²) in [4.78, 5) is 34.7. The molecule has 1 fully saturated rings. The first kappa shape index (κ1) is 21.6. The summed E-state index contributed by atoms with van der Waals surface area (Å²) in [6.45, 7) is 3.17. The van der Waals surface area contributed by atoms with Gasteiger partial charge in [0, 0.05) is 12.1 Å². The summed E-state index contributed by atoms with van der Waals surface area (Å²) in [6, 6.07) is 2.80. The van der Waals surface area contributed by atoms with E-state index >= 15 is 0 Å². The number of urea groups is 1. The van der Waals surface area contributed by atoms with E-state index in [0.29, 0.717) is 22.1 Å². The molecule has 1 saturated carbocycles. The number of carbonyl (C=O) groups excluding carboxylic acids is 3. The number of imide groups is 1. The van der Waals surface area contributed by atoms with Crippen LogP contribution in [0.4, 0.5) is 4.79 Å². The number of ether oxygens (including phenoxy) is 3. The molecule has 0 aliphatic heterocycles. The zero-order chi connectivity index (χ0) is 20.7. The Morgan fingerprint density at radius 1 is 1.29 bits per heavy atom. The van der Waals surface area contributed by atoms with Gasteiger partial charge < -0.3 is 19.5 Å². The van der Waals surface area contributed by atoms with Crippen molar-refractivity contribution < 1.29 is 28.6 Å². The van der Waals surface area contributed by atoms with Crippen LogP contribution in [0.5, 0.6) is 11.5 Å². The summed E-state index contributed by atoms with van der Waals surface area (Å²) in [7, 11) is 1.48. The third-order valence-electron chi connectivity index (χ3n) is 3.53. The number of methoxy groups -OCH3 is 1. The van der Waals surface area contributed by atoms with E-state index in [2.05, 4.69) is 10.6 Å². The van der Waals surface area contributed by atoms with Gasteiger partial charge in [0.1, 0.15) is 0 Å². The Kier molecular flexibility index (Phi) is 7.69. The van der Waals surface area contributed by atoms with Gasteiger partial charge >= 0.3 is 12.0 Å². The normalized spacial score (nSPS) is 13.3. The second kappa shape index (κ2) is 9.98. The zero-order valence-electron chi connectivity index (χ0n) is 15.9. The number of rotatable bonds is 8. The lowest BCUT2D eigenvalue weighted by Crippen LogP contribution is -2.42. The van der Waals surface area contributed by atoms with Crippen molar-refractivity contribution in [3.63, 3.8) is 0 Å². The van der Waals surface area contributed by atoms with Crippen LogP contribution >= 0.6 is 11.6 Å². The molecule has 0 radical (unpaired) electrons. The minimum atomic E-state index is -0.740. The number of benzene rings is 1. The maximum atomic E-state index is 11.8. The average molecular weight is 411 g/mol. The van der Waals surface area contributed by atoms with Crippen molar-refractivity contribution in [3.05, 3.63) is 28.8 Å². The molecular formula is C19H23ClN2O6. The second-order valence-corrected chi connectivity index (χ2v) is 6.84. The van der Waals surface area contributed by atoms with Gasteiger partial charge in [-0.25, -0.2) is 9.59 Å². The molecule has 3 amide bonds. The van der Waals surface area contributed by atoms with E-state index in [1.54, 1.807) is 12.1 Å². The molecule has 0 spiro atoms. The molecule has 1 aliphatic carbocycles. The highest BCUT2D eigenvalue weighted by Crippen LogP contribution is 2.37. The number of esters is 1. The van der Waals surface area contributed by atoms with Crippen LogP contribution in [0, 0.1) is 0 Å². The molecule has 0 heterocycles. The van der Waals surface area contributed by atoms with Crippen LogP contribution in [-0.4, -0.2) is 43.8 Å². The molecule has 8 nitrogen and oxygen atoms in total. The Balaban J connectivity index is 1.87. The van der Waals surface area contributed by atoms with Gasteiger partial charge in [0.15, 0.2) is 18.1 Å². The highest BCUT2D eigenvalue weighted by Gasteiger charge is 2.24. The molecule has 1 aromatic carbocycles. The van der Waals surface area contributed by atoms with E-state index in [4.69, 9.17) is 25.8 Å². The first-order valence-electron chi connectivity index (χ1n) is 8.78. The molecule has 0 aromatic heterocycles. The molecule has 0 atom stereocenters. The molecule has 2 N–H and O–H groups in total. The topological polar surface area (TPSA) is 103 Å².